The molecular formula is C20H28N3O5S+. The summed E-state index contributed by atoms with van der Waals surface area (Å²) < 4.78 is 32.3. The third-order valence-electron chi connectivity index (χ3n) is 6.44. The molecule has 0 aromatic heterocycles. The molecule has 1 aromatic carbocycles. The highest BCUT2D eigenvalue weighted by Crippen LogP contribution is 2.37. The number of rotatable bonds is 5. The Kier molecular flexibility index (Phi) is 5.63. The summed E-state index contributed by atoms with van der Waals surface area (Å²) >= 11 is 0. The molecule has 2 heterocycles. The molecule has 4 rings (SSSR count). The van der Waals surface area contributed by atoms with Gasteiger partial charge in [0.1, 0.15) is 5.75 Å². The number of methoxy groups -OCH3 is 1. The summed E-state index contributed by atoms with van der Waals surface area (Å²) in [6.45, 7) is 2.23. The molecule has 1 N–H and O–H groups in total. The molecule has 1 aromatic rings. The first-order valence-corrected chi connectivity index (χ1v) is 11.7. The zero-order valence-corrected chi connectivity index (χ0v) is 17.5. The van der Waals surface area contributed by atoms with Crippen molar-refractivity contribution in [2.24, 2.45) is 11.8 Å². The number of likely N-dealkylation sites (tertiary alicyclic amines) is 1. The van der Waals surface area contributed by atoms with Gasteiger partial charge in [-0.25, -0.2) is 13.3 Å². The van der Waals surface area contributed by atoms with Gasteiger partial charge in [0.2, 0.25) is 21.8 Å². The molecule has 158 valence electrons. The predicted octanol–water partition coefficient (Wildman–Crippen LogP) is -0.283. The zero-order valence-electron chi connectivity index (χ0n) is 16.7. The summed E-state index contributed by atoms with van der Waals surface area (Å²) in [5.74, 6) is 0.291. The summed E-state index contributed by atoms with van der Waals surface area (Å²) in [6, 6.07) is 6.38. The number of amides is 2. The molecule has 3 aliphatic rings. The maximum Gasteiger partial charge on any atom is 0.243 e. The fraction of sp³-hybridized carbons (Fsp3) is 0.600. The Morgan fingerprint density at radius 2 is 1.55 bits per heavy atom. The van der Waals surface area contributed by atoms with Crippen LogP contribution in [0.3, 0.4) is 0 Å². The maximum atomic E-state index is 12.9. The van der Waals surface area contributed by atoms with Crippen LogP contribution in [0.2, 0.25) is 0 Å². The number of hydrogen-bond donors (Lipinski definition) is 1. The van der Waals surface area contributed by atoms with E-state index in [0.717, 1.165) is 30.6 Å². The van der Waals surface area contributed by atoms with Crippen molar-refractivity contribution in [3.05, 3.63) is 24.3 Å². The standard InChI is InChI=1S/C20H27N3O5S/c1-28-15-6-8-16(9-7-15)29(26,27)22-12-10-21(11-13-22)14-23-19(24)17-4-2-3-5-18(17)20(23)25/h6-9,17-18H,2-5,10-14H2,1H3/p+1/t17-,18+. The van der Waals surface area contributed by atoms with Crippen LogP contribution in [-0.4, -0.2) is 69.4 Å². The van der Waals surface area contributed by atoms with Crippen molar-refractivity contribution in [1.82, 2.24) is 9.21 Å². The largest absolute Gasteiger partial charge is 0.497 e. The SMILES string of the molecule is COc1ccc(S(=O)(=O)N2CC[NH+](CN3C(=O)[C@H]4CCCC[C@H]4C3=O)CC2)cc1. The van der Waals surface area contributed by atoms with Crippen molar-refractivity contribution < 1.29 is 27.6 Å². The Morgan fingerprint density at radius 3 is 2.07 bits per heavy atom. The molecule has 0 unspecified atom stereocenters. The number of carbonyl (C=O) groups is 2. The first-order valence-electron chi connectivity index (χ1n) is 10.2. The molecule has 29 heavy (non-hydrogen) atoms. The Labute approximate surface area is 171 Å². The van der Waals surface area contributed by atoms with Gasteiger partial charge in [-0.3, -0.25) is 9.59 Å². The van der Waals surface area contributed by atoms with E-state index in [2.05, 4.69) is 0 Å². The van der Waals surface area contributed by atoms with Gasteiger partial charge >= 0.3 is 0 Å². The van der Waals surface area contributed by atoms with Crippen LogP contribution in [0.4, 0.5) is 0 Å². The Hall–Kier alpha value is -1.97. The second-order valence-corrected chi connectivity index (χ2v) is 10.0. The van der Waals surface area contributed by atoms with Crippen molar-refractivity contribution in [2.45, 2.75) is 30.6 Å². The molecule has 9 heteroatoms. The Balaban J connectivity index is 1.37. The number of quaternary nitrogens is 1. The van der Waals surface area contributed by atoms with Crippen LogP contribution in [0.5, 0.6) is 5.75 Å². The van der Waals surface area contributed by atoms with Gasteiger partial charge in [0.05, 0.1) is 50.0 Å². The highest BCUT2D eigenvalue weighted by Gasteiger charge is 2.49. The van der Waals surface area contributed by atoms with Crippen LogP contribution >= 0.6 is 0 Å². The van der Waals surface area contributed by atoms with Crippen LogP contribution in [0.15, 0.2) is 29.2 Å². The summed E-state index contributed by atoms with van der Waals surface area (Å²) in [7, 11) is -2.02. The minimum atomic E-state index is -3.56. The first kappa shape index (κ1) is 20.3. The molecule has 2 atom stereocenters. The van der Waals surface area contributed by atoms with Crippen LogP contribution in [-0.2, 0) is 19.6 Å². The summed E-state index contributed by atoms with van der Waals surface area (Å²) in [6.07, 6.45) is 3.66. The first-order chi connectivity index (χ1) is 13.9. The summed E-state index contributed by atoms with van der Waals surface area (Å²) in [4.78, 5) is 28.1. The van der Waals surface area contributed by atoms with Gasteiger partial charge in [-0.05, 0) is 37.1 Å². The van der Waals surface area contributed by atoms with Crippen molar-refractivity contribution in [1.29, 1.82) is 0 Å². The van der Waals surface area contributed by atoms with Crippen LogP contribution < -0.4 is 9.64 Å². The Morgan fingerprint density at radius 1 is 1.00 bits per heavy atom. The number of imide groups is 1. The monoisotopic (exact) mass is 422 g/mol. The van der Waals surface area contributed by atoms with E-state index in [1.165, 1.54) is 16.3 Å². The lowest BCUT2D eigenvalue weighted by Gasteiger charge is -2.33. The summed E-state index contributed by atoms with van der Waals surface area (Å²) in [5.41, 5.74) is 0. The van der Waals surface area contributed by atoms with Gasteiger partial charge in [-0.15, -0.1) is 0 Å². The lowest BCUT2D eigenvalue weighted by Crippen LogP contribution is -3.16. The third kappa shape index (κ3) is 3.78. The molecule has 1 saturated carbocycles. The average Bonchev–Trinajstić information content (AvgIpc) is 2.99. The second-order valence-electron chi connectivity index (χ2n) is 8.09. The number of fused-ring (bicyclic) bond motifs is 1. The van der Waals surface area contributed by atoms with Crippen molar-refractivity contribution in [3.63, 3.8) is 0 Å². The van der Waals surface area contributed by atoms with Gasteiger partial charge in [0.25, 0.3) is 0 Å². The van der Waals surface area contributed by atoms with Gasteiger partial charge in [-0.2, -0.15) is 4.31 Å². The molecule has 1 aliphatic carbocycles. The molecular weight excluding hydrogens is 394 g/mol. The number of nitrogens with zero attached hydrogens (tertiary/aromatic N) is 2. The fourth-order valence-electron chi connectivity index (χ4n) is 4.71. The van der Waals surface area contributed by atoms with E-state index >= 15 is 0 Å². The normalized spacial score (nSPS) is 26.6. The van der Waals surface area contributed by atoms with Gasteiger partial charge in [0.15, 0.2) is 6.67 Å². The minimum Gasteiger partial charge on any atom is -0.497 e. The molecule has 0 radical (unpaired) electrons. The van der Waals surface area contributed by atoms with Crippen LogP contribution in [0, 0.1) is 11.8 Å². The third-order valence-corrected chi connectivity index (χ3v) is 8.35. The van der Waals surface area contributed by atoms with E-state index in [-0.39, 0.29) is 28.5 Å². The van der Waals surface area contributed by atoms with E-state index in [1.54, 1.807) is 24.3 Å². The Bertz CT molecular complexity index is 854. The molecule has 8 nitrogen and oxygen atoms in total. The number of piperazine rings is 1. The number of benzene rings is 1. The molecule has 2 aliphatic heterocycles. The van der Waals surface area contributed by atoms with Crippen molar-refractivity contribution in [3.8, 4) is 5.75 Å². The topological polar surface area (TPSA) is 88.4 Å². The van der Waals surface area contributed by atoms with Gasteiger partial charge in [0, 0.05) is 0 Å². The van der Waals surface area contributed by atoms with E-state index < -0.39 is 10.0 Å². The highest BCUT2D eigenvalue weighted by atomic mass is 32.2. The lowest BCUT2D eigenvalue weighted by atomic mass is 9.81. The van der Waals surface area contributed by atoms with E-state index in [0.29, 0.717) is 38.6 Å². The fourth-order valence-corrected chi connectivity index (χ4v) is 6.15. The number of sulfonamides is 1. The van der Waals surface area contributed by atoms with Gasteiger partial charge < -0.3 is 9.64 Å². The molecule has 0 spiro atoms. The number of hydrogen-bond acceptors (Lipinski definition) is 5. The highest BCUT2D eigenvalue weighted by molar-refractivity contribution is 7.89. The van der Waals surface area contributed by atoms with Crippen LogP contribution in [0.1, 0.15) is 25.7 Å². The van der Waals surface area contributed by atoms with Crippen LogP contribution in [0.25, 0.3) is 0 Å². The van der Waals surface area contributed by atoms with Gasteiger partial charge in [-0.1, -0.05) is 12.8 Å². The van der Waals surface area contributed by atoms with E-state index in [1.807, 2.05) is 0 Å². The quantitative estimate of drug-likeness (QED) is 0.660. The molecule has 0 bridgehead atoms. The second kappa shape index (κ2) is 8.04. The van der Waals surface area contributed by atoms with Crippen molar-refractivity contribution in [2.75, 3.05) is 40.0 Å². The molecule has 2 saturated heterocycles. The number of carbonyl (C=O) groups excluding carboxylic acids is 2. The molecule has 3 fully saturated rings. The molecule has 2 amide bonds. The number of nitrogens with one attached hydrogen (secondary N) is 1. The minimum absolute atomic E-state index is 0.0273. The van der Waals surface area contributed by atoms with E-state index in [9.17, 15) is 18.0 Å². The van der Waals surface area contributed by atoms with E-state index in [4.69, 9.17) is 4.74 Å². The zero-order chi connectivity index (χ0) is 20.6. The lowest BCUT2D eigenvalue weighted by molar-refractivity contribution is -0.910. The predicted molar refractivity (Wildman–Crippen MR) is 105 cm³/mol. The number of ether oxygens (including phenoxy) is 1. The average molecular weight is 423 g/mol. The smallest absolute Gasteiger partial charge is 0.243 e. The van der Waals surface area contributed by atoms with Crippen molar-refractivity contribution >= 4 is 21.8 Å². The summed E-state index contributed by atoms with van der Waals surface area (Å²) in [5, 5.41) is 0. The maximum absolute atomic E-state index is 12.9.